The van der Waals surface area contributed by atoms with Crippen LogP contribution in [0.15, 0.2) is 0 Å². The van der Waals surface area contributed by atoms with Gasteiger partial charge in [0.25, 0.3) is 0 Å². The van der Waals surface area contributed by atoms with E-state index in [0.717, 1.165) is 0 Å². The van der Waals surface area contributed by atoms with Crippen molar-refractivity contribution in [3.05, 3.63) is 0 Å². The van der Waals surface area contributed by atoms with Crippen molar-refractivity contribution >= 4 is 25.8 Å². The SMILES string of the molecule is CC1CC(CS(=O)(=O)Cl)CCN1C(=O)OC(C)(C)C. The van der Waals surface area contributed by atoms with Crippen molar-refractivity contribution < 1.29 is 17.9 Å². The van der Waals surface area contributed by atoms with Crippen LogP contribution in [0.1, 0.15) is 40.5 Å². The van der Waals surface area contributed by atoms with Gasteiger partial charge in [-0.15, -0.1) is 0 Å². The number of nitrogens with zero attached hydrogens (tertiary/aromatic N) is 1. The number of piperidine rings is 1. The summed E-state index contributed by atoms with van der Waals surface area (Å²) < 4.78 is 27.5. The van der Waals surface area contributed by atoms with Gasteiger partial charge in [-0.3, -0.25) is 0 Å². The van der Waals surface area contributed by atoms with Crippen LogP contribution in [0.5, 0.6) is 0 Å². The second-order valence-electron chi connectivity index (χ2n) is 6.12. The molecule has 1 aliphatic heterocycles. The molecule has 0 radical (unpaired) electrons. The van der Waals surface area contributed by atoms with Gasteiger partial charge in [-0.2, -0.15) is 0 Å². The van der Waals surface area contributed by atoms with E-state index < -0.39 is 14.7 Å². The van der Waals surface area contributed by atoms with Crippen molar-refractivity contribution in [2.24, 2.45) is 5.92 Å². The summed E-state index contributed by atoms with van der Waals surface area (Å²) in [6, 6.07) is -0.0352. The molecule has 0 N–H and O–H groups in total. The van der Waals surface area contributed by atoms with Crippen LogP contribution < -0.4 is 0 Å². The highest BCUT2D eigenvalue weighted by molar-refractivity contribution is 8.13. The Balaban J connectivity index is 2.57. The smallest absolute Gasteiger partial charge is 0.410 e. The third-order valence-electron chi connectivity index (χ3n) is 3.05. The molecule has 0 aromatic heterocycles. The molecule has 2 unspecified atom stereocenters. The molecule has 19 heavy (non-hydrogen) atoms. The lowest BCUT2D eigenvalue weighted by Gasteiger charge is -2.38. The molecule has 1 fully saturated rings. The monoisotopic (exact) mass is 311 g/mol. The van der Waals surface area contributed by atoms with Gasteiger partial charge in [0.15, 0.2) is 0 Å². The van der Waals surface area contributed by atoms with E-state index in [1.165, 1.54) is 0 Å². The van der Waals surface area contributed by atoms with Gasteiger partial charge in [0.05, 0.1) is 5.75 Å². The summed E-state index contributed by atoms with van der Waals surface area (Å²) in [5, 5.41) is 0. The summed E-state index contributed by atoms with van der Waals surface area (Å²) in [7, 11) is 1.79. The Kier molecular flexibility index (Phi) is 5.12. The van der Waals surface area contributed by atoms with Gasteiger partial charge < -0.3 is 9.64 Å². The molecule has 0 aromatic rings. The maximum absolute atomic E-state index is 12.0. The van der Waals surface area contributed by atoms with E-state index in [9.17, 15) is 13.2 Å². The van der Waals surface area contributed by atoms with Crippen LogP contribution in [-0.4, -0.2) is 43.4 Å². The quantitative estimate of drug-likeness (QED) is 0.735. The molecule has 5 nitrogen and oxygen atoms in total. The van der Waals surface area contributed by atoms with Crippen molar-refractivity contribution in [3.8, 4) is 0 Å². The van der Waals surface area contributed by atoms with Crippen LogP contribution in [0.25, 0.3) is 0 Å². The highest BCUT2D eigenvalue weighted by Crippen LogP contribution is 2.26. The maximum atomic E-state index is 12.0. The van der Waals surface area contributed by atoms with Crippen molar-refractivity contribution in [1.29, 1.82) is 0 Å². The Hall–Kier alpha value is -0.490. The van der Waals surface area contributed by atoms with Gasteiger partial charge in [-0.05, 0) is 46.5 Å². The summed E-state index contributed by atoms with van der Waals surface area (Å²) in [5.74, 6) is -0.0164. The molecule has 112 valence electrons. The number of rotatable bonds is 2. The number of hydrogen-bond acceptors (Lipinski definition) is 4. The highest BCUT2D eigenvalue weighted by Gasteiger charge is 2.33. The highest BCUT2D eigenvalue weighted by atomic mass is 35.7. The fraction of sp³-hybridized carbons (Fsp3) is 0.917. The van der Waals surface area contributed by atoms with E-state index in [4.69, 9.17) is 15.4 Å². The Bertz CT molecular complexity index is 430. The fourth-order valence-electron chi connectivity index (χ4n) is 2.29. The minimum absolute atomic E-state index is 0.0104. The maximum Gasteiger partial charge on any atom is 0.410 e. The van der Waals surface area contributed by atoms with Gasteiger partial charge in [-0.1, -0.05) is 0 Å². The van der Waals surface area contributed by atoms with Gasteiger partial charge in [0.2, 0.25) is 9.05 Å². The molecule has 0 saturated carbocycles. The molecule has 1 aliphatic rings. The molecule has 0 bridgehead atoms. The van der Waals surface area contributed by atoms with Crippen LogP contribution in [0, 0.1) is 5.92 Å². The first-order valence-electron chi connectivity index (χ1n) is 6.40. The summed E-state index contributed by atoms with van der Waals surface area (Å²) in [4.78, 5) is 13.6. The molecule has 0 aromatic carbocycles. The summed E-state index contributed by atoms with van der Waals surface area (Å²) in [5.41, 5.74) is -0.521. The Labute approximate surface area is 119 Å². The third-order valence-corrected chi connectivity index (χ3v) is 4.30. The van der Waals surface area contributed by atoms with Crippen molar-refractivity contribution in [2.45, 2.75) is 52.2 Å². The molecule has 1 rings (SSSR count). The molecule has 1 saturated heterocycles. The molecule has 0 aliphatic carbocycles. The lowest BCUT2D eigenvalue weighted by molar-refractivity contribution is 0.00822. The average molecular weight is 312 g/mol. The lowest BCUT2D eigenvalue weighted by atomic mass is 9.93. The predicted molar refractivity (Wildman–Crippen MR) is 74.8 cm³/mol. The first-order chi connectivity index (χ1) is 8.48. The molecule has 1 heterocycles. The van der Waals surface area contributed by atoms with Crippen molar-refractivity contribution in [1.82, 2.24) is 4.90 Å². The van der Waals surface area contributed by atoms with Crippen LogP contribution >= 0.6 is 10.7 Å². The van der Waals surface area contributed by atoms with Crippen LogP contribution in [0.3, 0.4) is 0 Å². The van der Waals surface area contributed by atoms with Crippen LogP contribution in [-0.2, 0) is 13.8 Å². The zero-order valence-electron chi connectivity index (χ0n) is 11.8. The Morgan fingerprint density at radius 1 is 1.42 bits per heavy atom. The van der Waals surface area contributed by atoms with Gasteiger partial charge >= 0.3 is 6.09 Å². The molecular formula is C12H22ClNO4S. The van der Waals surface area contributed by atoms with Crippen LogP contribution in [0.4, 0.5) is 4.79 Å². The summed E-state index contributed by atoms with van der Waals surface area (Å²) >= 11 is 0. The molecule has 1 amide bonds. The fourth-order valence-corrected chi connectivity index (χ4v) is 3.69. The minimum Gasteiger partial charge on any atom is -0.444 e. The van der Waals surface area contributed by atoms with E-state index in [1.807, 2.05) is 27.7 Å². The van der Waals surface area contributed by atoms with E-state index >= 15 is 0 Å². The van der Waals surface area contributed by atoms with Gasteiger partial charge in [0, 0.05) is 23.3 Å². The first-order valence-corrected chi connectivity index (χ1v) is 8.88. The Morgan fingerprint density at radius 3 is 2.42 bits per heavy atom. The number of hydrogen-bond donors (Lipinski definition) is 0. The van der Waals surface area contributed by atoms with Gasteiger partial charge in [-0.25, -0.2) is 13.2 Å². The summed E-state index contributed by atoms with van der Waals surface area (Å²) in [6.07, 6.45) is 0.924. The largest absolute Gasteiger partial charge is 0.444 e. The summed E-state index contributed by atoms with van der Waals surface area (Å²) in [6.45, 7) is 7.87. The van der Waals surface area contributed by atoms with E-state index in [-0.39, 0.29) is 23.8 Å². The Morgan fingerprint density at radius 2 is 2.00 bits per heavy atom. The number of carbonyl (C=O) groups is 1. The number of ether oxygens (including phenoxy) is 1. The predicted octanol–water partition coefficient (Wildman–Crippen LogP) is 2.59. The second-order valence-corrected chi connectivity index (χ2v) is 8.94. The van der Waals surface area contributed by atoms with Gasteiger partial charge in [0.1, 0.15) is 5.60 Å². The standard InChI is InChI=1S/C12H22ClNO4S/c1-9-7-10(8-19(13,16)17)5-6-14(9)11(15)18-12(2,3)4/h9-10H,5-8H2,1-4H3. The topological polar surface area (TPSA) is 63.7 Å². The van der Waals surface area contributed by atoms with Crippen molar-refractivity contribution in [2.75, 3.05) is 12.3 Å². The number of halogens is 1. The molecule has 0 spiro atoms. The van der Waals surface area contributed by atoms with E-state index in [0.29, 0.717) is 19.4 Å². The number of likely N-dealkylation sites (tertiary alicyclic amines) is 1. The minimum atomic E-state index is -3.48. The van der Waals surface area contributed by atoms with E-state index in [1.54, 1.807) is 4.90 Å². The van der Waals surface area contributed by atoms with E-state index in [2.05, 4.69) is 0 Å². The third kappa shape index (κ3) is 5.99. The second kappa shape index (κ2) is 5.87. The van der Waals surface area contributed by atoms with Crippen molar-refractivity contribution in [3.63, 3.8) is 0 Å². The molecule has 2 atom stereocenters. The number of carbonyl (C=O) groups excluding carboxylic acids is 1. The zero-order valence-corrected chi connectivity index (χ0v) is 13.4. The first kappa shape index (κ1) is 16.6. The number of amides is 1. The zero-order chi connectivity index (χ0) is 14.8. The average Bonchev–Trinajstić information content (AvgIpc) is 2.11. The lowest BCUT2D eigenvalue weighted by Crippen LogP contribution is -2.47. The van der Waals surface area contributed by atoms with Crippen LogP contribution in [0.2, 0.25) is 0 Å². The molecule has 7 heteroatoms. The normalized spacial score (nSPS) is 25.2. The molecular weight excluding hydrogens is 290 g/mol.